The highest BCUT2D eigenvalue weighted by atomic mass is 35.5. The second kappa shape index (κ2) is 4.29. The minimum absolute atomic E-state index is 0.0351. The zero-order chi connectivity index (χ0) is 10.8. The Kier molecular flexibility index (Phi) is 3.03. The molecule has 80 valence electrons. The molecule has 1 aliphatic rings. The number of carbonyl (C=O) groups is 1. The number of hydrogen-bond acceptors (Lipinski definition) is 2. The number of ketones is 1. The minimum atomic E-state index is -0.528. The first-order valence-corrected chi connectivity index (χ1v) is 5.27. The van der Waals surface area contributed by atoms with Crippen molar-refractivity contribution in [1.29, 1.82) is 0 Å². The van der Waals surface area contributed by atoms with Crippen molar-refractivity contribution in [2.45, 2.75) is 6.42 Å². The lowest BCUT2D eigenvalue weighted by Crippen LogP contribution is -2.19. The van der Waals surface area contributed by atoms with Crippen LogP contribution < -0.4 is 5.32 Å². The second-order valence-electron chi connectivity index (χ2n) is 3.65. The lowest BCUT2D eigenvalue weighted by molar-refractivity contribution is 0.0926. The summed E-state index contributed by atoms with van der Waals surface area (Å²) >= 11 is 5.82. The first-order valence-electron chi connectivity index (χ1n) is 4.89. The summed E-state index contributed by atoms with van der Waals surface area (Å²) in [5, 5.41) is 3.28. The molecule has 2 rings (SSSR count). The Bertz CT molecular complexity index is 368. The fourth-order valence-electron chi connectivity index (χ4n) is 1.82. The summed E-state index contributed by atoms with van der Waals surface area (Å²) < 4.78 is 13.4. The summed E-state index contributed by atoms with van der Waals surface area (Å²) in [5.41, 5.74) is 0.0351. The monoisotopic (exact) mass is 227 g/mol. The van der Waals surface area contributed by atoms with Crippen molar-refractivity contribution in [2.24, 2.45) is 5.92 Å². The molecule has 0 bridgehead atoms. The highest BCUT2D eigenvalue weighted by Crippen LogP contribution is 2.24. The molecular weight excluding hydrogens is 217 g/mol. The number of carbonyl (C=O) groups excluding carboxylic acids is 1. The molecule has 1 atom stereocenters. The van der Waals surface area contributed by atoms with E-state index in [1.807, 2.05) is 0 Å². The van der Waals surface area contributed by atoms with Crippen LogP contribution in [0.5, 0.6) is 0 Å². The van der Waals surface area contributed by atoms with Gasteiger partial charge in [0, 0.05) is 12.5 Å². The Hall–Kier alpha value is -0.930. The Labute approximate surface area is 92.4 Å². The van der Waals surface area contributed by atoms with E-state index in [-0.39, 0.29) is 22.3 Å². The van der Waals surface area contributed by atoms with E-state index in [4.69, 9.17) is 11.6 Å². The molecule has 0 saturated carbocycles. The van der Waals surface area contributed by atoms with Crippen LogP contribution in [0.15, 0.2) is 18.2 Å². The van der Waals surface area contributed by atoms with Gasteiger partial charge in [-0.15, -0.1) is 0 Å². The van der Waals surface area contributed by atoms with Crippen LogP contribution in [0.4, 0.5) is 4.39 Å². The van der Waals surface area contributed by atoms with Gasteiger partial charge in [0.15, 0.2) is 5.78 Å². The van der Waals surface area contributed by atoms with Crippen molar-refractivity contribution in [2.75, 3.05) is 13.1 Å². The SMILES string of the molecule is O=C(c1c(F)cccc1Cl)C1CCNC1. The normalized spacial score (nSPS) is 20.5. The lowest BCUT2D eigenvalue weighted by atomic mass is 9.96. The largest absolute Gasteiger partial charge is 0.316 e. The van der Waals surface area contributed by atoms with Crippen LogP contribution in [0.1, 0.15) is 16.8 Å². The van der Waals surface area contributed by atoms with Gasteiger partial charge in [0.05, 0.1) is 10.6 Å². The number of benzene rings is 1. The molecule has 1 fully saturated rings. The average molecular weight is 228 g/mol. The number of halogens is 2. The van der Waals surface area contributed by atoms with Gasteiger partial charge in [0.2, 0.25) is 0 Å². The van der Waals surface area contributed by atoms with Crippen molar-refractivity contribution in [1.82, 2.24) is 5.32 Å². The average Bonchev–Trinajstić information content (AvgIpc) is 2.69. The van der Waals surface area contributed by atoms with Gasteiger partial charge in [-0.2, -0.15) is 0 Å². The molecule has 1 aliphatic heterocycles. The minimum Gasteiger partial charge on any atom is -0.316 e. The summed E-state index contributed by atoms with van der Waals surface area (Å²) in [4.78, 5) is 11.9. The van der Waals surface area contributed by atoms with Gasteiger partial charge < -0.3 is 5.32 Å². The van der Waals surface area contributed by atoms with Crippen molar-refractivity contribution in [3.63, 3.8) is 0 Å². The molecule has 0 aromatic heterocycles. The Morgan fingerprint density at radius 3 is 2.93 bits per heavy atom. The van der Waals surface area contributed by atoms with Crippen LogP contribution in [-0.4, -0.2) is 18.9 Å². The van der Waals surface area contributed by atoms with Crippen LogP contribution in [0, 0.1) is 11.7 Å². The molecule has 0 aliphatic carbocycles. The molecule has 15 heavy (non-hydrogen) atoms. The number of Topliss-reactive ketones (excluding diaryl/α,β-unsaturated/α-hetero) is 1. The highest BCUT2D eigenvalue weighted by molar-refractivity contribution is 6.34. The quantitative estimate of drug-likeness (QED) is 0.786. The van der Waals surface area contributed by atoms with Crippen LogP contribution in [0.3, 0.4) is 0 Å². The summed E-state index contributed by atoms with van der Waals surface area (Å²) in [6.07, 6.45) is 0.753. The summed E-state index contributed by atoms with van der Waals surface area (Å²) in [6.45, 7) is 1.42. The molecule has 1 aromatic rings. The molecule has 2 nitrogen and oxygen atoms in total. The molecule has 1 saturated heterocycles. The topological polar surface area (TPSA) is 29.1 Å². The fourth-order valence-corrected chi connectivity index (χ4v) is 2.07. The van der Waals surface area contributed by atoms with Crippen LogP contribution in [0.25, 0.3) is 0 Å². The molecule has 1 aromatic carbocycles. The van der Waals surface area contributed by atoms with E-state index >= 15 is 0 Å². The standard InChI is InChI=1S/C11H11ClFNO/c12-8-2-1-3-9(13)10(8)11(15)7-4-5-14-6-7/h1-3,7,14H,4-6H2. The third kappa shape index (κ3) is 2.03. The van der Waals surface area contributed by atoms with E-state index in [0.29, 0.717) is 6.54 Å². The van der Waals surface area contributed by atoms with E-state index < -0.39 is 5.82 Å². The molecule has 0 amide bonds. The van der Waals surface area contributed by atoms with E-state index in [1.165, 1.54) is 12.1 Å². The molecule has 0 radical (unpaired) electrons. The van der Waals surface area contributed by atoms with Gasteiger partial charge in [-0.05, 0) is 25.1 Å². The van der Waals surface area contributed by atoms with Gasteiger partial charge >= 0.3 is 0 Å². The maximum atomic E-state index is 13.4. The van der Waals surface area contributed by atoms with Gasteiger partial charge in [0.25, 0.3) is 0 Å². The fraction of sp³-hybridized carbons (Fsp3) is 0.364. The molecule has 4 heteroatoms. The van der Waals surface area contributed by atoms with Gasteiger partial charge in [-0.3, -0.25) is 4.79 Å². The lowest BCUT2D eigenvalue weighted by Gasteiger charge is -2.09. The first-order chi connectivity index (χ1) is 7.20. The van der Waals surface area contributed by atoms with Crippen molar-refractivity contribution in [3.8, 4) is 0 Å². The van der Waals surface area contributed by atoms with E-state index in [2.05, 4.69) is 5.32 Å². The molecular formula is C11H11ClFNO. The maximum absolute atomic E-state index is 13.4. The van der Waals surface area contributed by atoms with Crippen molar-refractivity contribution < 1.29 is 9.18 Å². The van der Waals surface area contributed by atoms with Crippen LogP contribution >= 0.6 is 11.6 Å². The smallest absolute Gasteiger partial charge is 0.171 e. The van der Waals surface area contributed by atoms with Crippen LogP contribution in [0.2, 0.25) is 5.02 Å². The van der Waals surface area contributed by atoms with E-state index in [9.17, 15) is 9.18 Å². The van der Waals surface area contributed by atoms with Gasteiger partial charge in [-0.25, -0.2) is 4.39 Å². The maximum Gasteiger partial charge on any atom is 0.171 e. The zero-order valence-electron chi connectivity index (χ0n) is 8.09. The number of hydrogen-bond donors (Lipinski definition) is 1. The second-order valence-corrected chi connectivity index (χ2v) is 4.06. The predicted molar refractivity (Wildman–Crippen MR) is 56.7 cm³/mol. The predicted octanol–water partition coefficient (Wildman–Crippen LogP) is 2.27. The number of nitrogens with one attached hydrogen (secondary N) is 1. The first kappa shape index (κ1) is 10.6. The molecule has 1 unspecified atom stereocenters. The highest BCUT2D eigenvalue weighted by Gasteiger charge is 2.27. The van der Waals surface area contributed by atoms with E-state index in [0.717, 1.165) is 13.0 Å². The van der Waals surface area contributed by atoms with Crippen molar-refractivity contribution in [3.05, 3.63) is 34.6 Å². The zero-order valence-corrected chi connectivity index (χ0v) is 8.85. The Balaban J connectivity index is 2.32. The molecule has 1 heterocycles. The third-order valence-corrected chi connectivity index (χ3v) is 2.96. The summed E-state index contributed by atoms with van der Waals surface area (Å²) in [7, 11) is 0. The molecule has 0 spiro atoms. The summed E-state index contributed by atoms with van der Waals surface area (Å²) in [6, 6.07) is 4.31. The van der Waals surface area contributed by atoms with Gasteiger partial charge in [0.1, 0.15) is 5.82 Å². The Morgan fingerprint density at radius 2 is 2.33 bits per heavy atom. The van der Waals surface area contributed by atoms with E-state index in [1.54, 1.807) is 6.07 Å². The third-order valence-electron chi connectivity index (χ3n) is 2.64. The van der Waals surface area contributed by atoms with Crippen LogP contribution in [-0.2, 0) is 0 Å². The number of rotatable bonds is 2. The van der Waals surface area contributed by atoms with Crippen molar-refractivity contribution >= 4 is 17.4 Å². The summed E-state index contributed by atoms with van der Waals surface area (Å²) in [5.74, 6) is -0.859. The van der Waals surface area contributed by atoms with Gasteiger partial charge in [-0.1, -0.05) is 17.7 Å². The Morgan fingerprint density at radius 1 is 1.53 bits per heavy atom. The molecule has 1 N–H and O–H groups in total.